The van der Waals surface area contributed by atoms with Crippen LogP contribution >= 0.6 is 0 Å². The van der Waals surface area contributed by atoms with Gasteiger partial charge in [0.2, 0.25) is 11.8 Å². The number of hydrogen-bond donors (Lipinski definition) is 1. The molecule has 34 heavy (non-hydrogen) atoms. The Bertz CT molecular complexity index is 1020. The zero-order valence-corrected chi connectivity index (χ0v) is 20.6. The molecule has 1 heterocycles. The average Bonchev–Trinajstić information content (AvgIpc) is 3.18. The lowest BCUT2D eigenvalue weighted by atomic mass is 9.64. The fourth-order valence-electron chi connectivity index (χ4n) is 6.29. The Morgan fingerprint density at radius 1 is 1.18 bits per heavy atom. The topological polar surface area (TPSA) is 74.1 Å². The molecule has 1 aliphatic heterocycles. The highest BCUT2D eigenvalue weighted by molar-refractivity contribution is 5.86. The van der Waals surface area contributed by atoms with E-state index in [9.17, 15) is 18.4 Å². The average molecular weight is 473 g/mol. The van der Waals surface area contributed by atoms with Crippen molar-refractivity contribution in [3.63, 3.8) is 0 Å². The Morgan fingerprint density at radius 3 is 2.35 bits per heavy atom. The smallest absolute Gasteiger partial charge is 0.229 e. The van der Waals surface area contributed by atoms with Gasteiger partial charge in [-0.05, 0) is 54.6 Å². The first-order valence-electron chi connectivity index (χ1n) is 12.0. The Morgan fingerprint density at radius 2 is 1.79 bits per heavy atom. The maximum atomic E-state index is 14.4. The number of azo groups is 1. The van der Waals surface area contributed by atoms with Gasteiger partial charge in [-0.3, -0.25) is 9.59 Å². The van der Waals surface area contributed by atoms with Gasteiger partial charge in [0.1, 0.15) is 11.6 Å². The second-order valence-electron chi connectivity index (χ2n) is 10.7. The van der Waals surface area contributed by atoms with Crippen LogP contribution in [0.1, 0.15) is 45.6 Å². The maximum Gasteiger partial charge on any atom is 0.229 e. The second kappa shape index (κ2) is 8.86. The highest BCUT2D eigenvalue weighted by Crippen LogP contribution is 2.60. The first kappa shape index (κ1) is 24.5. The summed E-state index contributed by atoms with van der Waals surface area (Å²) in [6, 6.07) is 3.75. The quantitative estimate of drug-likeness (QED) is 0.611. The van der Waals surface area contributed by atoms with Crippen molar-refractivity contribution in [2.24, 2.45) is 44.7 Å². The predicted octanol–water partition coefficient (Wildman–Crippen LogP) is 4.67. The number of likely N-dealkylation sites (tertiary alicyclic amines) is 1. The highest BCUT2D eigenvalue weighted by atomic mass is 19.1. The molecule has 2 amide bonds. The highest BCUT2D eigenvalue weighted by Gasteiger charge is 2.63. The second-order valence-corrected chi connectivity index (χ2v) is 10.7. The molecule has 1 aromatic carbocycles. The summed E-state index contributed by atoms with van der Waals surface area (Å²) in [6.07, 6.45) is 3.88. The molecule has 0 spiro atoms. The van der Waals surface area contributed by atoms with Crippen LogP contribution in [0, 0.1) is 46.1 Å². The molecule has 8 heteroatoms. The number of halogens is 2. The third-order valence-electron chi connectivity index (χ3n) is 8.96. The minimum atomic E-state index is -0.674. The number of benzene rings is 1. The van der Waals surface area contributed by atoms with E-state index in [1.807, 2.05) is 11.8 Å². The van der Waals surface area contributed by atoms with Crippen molar-refractivity contribution in [3.05, 3.63) is 41.5 Å². The zero-order chi connectivity index (χ0) is 24.8. The van der Waals surface area contributed by atoms with E-state index in [0.29, 0.717) is 19.5 Å². The third-order valence-corrected chi connectivity index (χ3v) is 8.96. The monoisotopic (exact) mass is 472 g/mol. The van der Waals surface area contributed by atoms with Gasteiger partial charge in [0.25, 0.3) is 0 Å². The van der Waals surface area contributed by atoms with Crippen LogP contribution in [-0.4, -0.2) is 43.9 Å². The van der Waals surface area contributed by atoms with Crippen LogP contribution in [0.15, 0.2) is 34.5 Å². The van der Waals surface area contributed by atoms with E-state index in [1.165, 1.54) is 25.2 Å². The number of fused-ring (bicyclic) bond motifs is 1. The lowest BCUT2D eigenvalue weighted by molar-refractivity contribution is -0.147. The van der Waals surface area contributed by atoms with Gasteiger partial charge < -0.3 is 10.2 Å². The van der Waals surface area contributed by atoms with Crippen molar-refractivity contribution < 1.29 is 18.4 Å². The van der Waals surface area contributed by atoms with Crippen molar-refractivity contribution in [3.8, 4) is 0 Å². The number of allylic oxidation sites excluding steroid dienone is 1. The van der Waals surface area contributed by atoms with Crippen molar-refractivity contribution in [1.29, 1.82) is 0 Å². The number of nitrogens with zero attached hydrogens (tertiary/aromatic N) is 3. The van der Waals surface area contributed by atoms with Crippen LogP contribution in [0.5, 0.6) is 0 Å². The van der Waals surface area contributed by atoms with Gasteiger partial charge in [-0.1, -0.05) is 32.9 Å². The molecule has 1 aromatic rings. The van der Waals surface area contributed by atoms with Crippen molar-refractivity contribution in [1.82, 2.24) is 10.2 Å². The number of carbonyl (C=O) groups excluding carboxylic acids is 2. The van der Waals surface area contributed by atoms with Gasteiger partial charge in [0, 0.05) is 33.1 Å². The maximum absolute atomic E-state index is 14.4. The summed E-state index contributed by atoms with van der Waals surface area (Å²) in [4.78, 5) is 27.6. The van der Waals surface area contributed by atoms with Crippen LogP contribution in [0.4, 0.5) is 8.78 Å². The molecule has 3 fully saturated rings. The molecule has 1 N–H and O–H groups in total. The van der Waals surface area contributed by atoms with E-state index in [4.69, 9.17) is 0 Å². The Labute approximate surface area is 199 Å². The molecule has 4 rings (SSSR count). The van der Waals surface area contributed by atoms with Crippen LogP contribution in [-0.2, 0) is 9.59 Å². The summed E-state index contributed by atoms with van der Waals surface area (Å²) in [7, 11) is 3.13. The molecule has 2 aliphatic carbocycles. The lowest BCUT2D eigenvalue weighted by Crippen LogP contribution is -2.49. The molecule has 6 nitrogen and oxygen atoms in total. The summed E-state index contributed by atoms with van der Waals surface area (Å²) >= 11 is 0. The first-order chi connectivity index (χ1) is 16.1. The van der Waals surface area contributed by atoms with Crippen molar-refractivity contribution in [2.45, 2.75) is 40.0 Å². The van der Waals surface area contributed by atoms with Crippen LogP contribution in [0.25, 0.3) is 5.70 Å². The molecule has 5 atom stereocenters. The van der Waals surface area contributed by atoms with Gasteiger partial charge in [0.05, 0.1) is 16.7 Å². The molecule has 184 valence electrons. The molecule has 0 bridgehead atoms. The van der Waals surface area contributed by atoms with Gasteiger partial charge >= 0.3 is 0 Å². The fourth-order valence-corrected chi connectivity index (χ4v) is 6.29. The lowest BCUT2D eigenvalue weighted by Gasteiger charge is -2.43. The number of piperidine rings is 1. The Balaban J connectivity index is 1.49. The van der Waals surface area contributed by atoms with Gasteiger partial charge in [-0.25, -0.2) is 8.78 Å². The molecule has 1 saturated heterocycles. The largest absolute Gasteiger partial charge is 0.359 e. The number of amides is 2. The van der Waals surface area contributed by atoms with Crippen molar-refractivity contribution >= 4 is 17.5 Å². The Hall–Kier alpha value is -2.64. The molecule has 0 aromatic heterocycles. The van der Waals surface area contributed by atoms with Crippen LogP contribution < -0.4 is 5.32 Å². The third kappa shape index (κ3) is 3.85. The Kier molecular flexibility index (Phi) is 6.38. The number of rotatable bonds is 6. The summed E-state index contributed by atoms with van der Waals surface area (Å²) in [5.41, 5.74) is -0.866. The SMILES string of the molecule is CN=N/C(=C\CC1CC[C@](C)(C(=O)N2C[C@@H]3C(C(=O)NC)[C@@H]3C2)C1(C)C)c1c(F)cccc1F. The zero-order valence-electron chi connectivity index (χ0n) is 20.6. The summed E-state index contributed by atoms with van der Waals surface area (Å²) in [5.74, 6) is -0.385. The van der Waals surface area contributed by atoms with E-state index in [-0.39, 0.29) is 52.2 Å². The van der Waals surface area contributed by atoms with Crippen molar-refractivity contribution in [2.75, 3.05) is 27.2 Å². The minimum Gasteiger partial charge on any atom is -0.359 e. The molecule has 2 saturated carbocycles. The molecule has 3 aliphatic rings. The van der Waals surface area contributed by atoms with E-state index in [2.05, 4.69) is 29.4 Å². The molecule has 2 unspecified atom stereocenters. The van der Waals surface area contributed by atoms with Gasteiger partial charge in [-0.2, -0.15) is 10.2 Å². The van der Waals surface area contributed by atoms with E-state index < -0.39 is 17.0 Å². The van der Waals surface area contributed by atoms with E-state index in [0.717, 1.165) is 12.8 Å². The standard InChI is InChI=1S/C26H34F2N4O2/c1-25(2)15(9-10-20(31-30-5)22-18(27)7-6-8-19(22)28)11-12-26(25,3)24(34)32-13-16-17(14-32)21(16)23(33)29-4/h6-8,10,15-17,21H,9,11-14H2,1-5H3,(H,29,33)/b20-10-,31-30?/t15?,16-,17+,21?,26-/m1/s1. The minimum absolute atomic E-state index is 0.0428. The summed E-state index contributed by atoms with van der Waals surface area (Å²) in [6.45, 7) is 7.57. The number of hydrogen-bond acceptors (Lipinski definition) is 4. The predicted molar refractivity (Wildman–Crippen MR) is 125 cm³/mol. The van der Waals surface area contributed by atoms with Gasteiger partial charge in [-0.15, -0.1) is 0 Å². The number of carbonyl (C=O) groups is 2. The number of nitrogens with one attached hydrogen (secondary N) is 1. The molecule has 0 radical (unpaired) electrons. The van der Waals surface area contributed by atoms with E-state index in [1.54, 1.807) is 13.1 Å². The summed E-state index contributed by atoms with van der Waals surface area (Å²) in [5, 5.41) is 10.5. The molecular formula is C26H34F2N4O2. The van der Waals surface area contributed by atoms with E-state index >= 15 is 0 Å². The molecular weight excluding hydrogens is 438 g/mol. The van der Waals surface area contributed by atoms with Crippen LogP contribution in [0.2, 0.25) is 0 Å². The fraction of sp³-hybridized carbons (Fsp3) is 0.615. The van der Waals surface area contributed by atoms with Crippen LogP contribution in [0.3, 0.4) is 0 Å². The summed E-state index contributed by atoms with van der Waals surface area (Å²) < 4.78 is 28.7. The normalized spacial score (nSPS) is 32.2. The van der Waals surface area contributed by atoms with Gasteiger partial charge in [0.15, 0.2) is 0 Å². The first-order valence-corrected chi connectivity index (χ1v) is 12.0.